The highest BCUT2D eigenvalue weighted by Crippen LogP contribution is 2.15. The minimum Gasteiger partial charge on any atom is -0.373 e. The molecule has 0 aliphatic carbocycles. The lowest BCUT2D eigenvalue weighted by Crippen LogP contribution is -2.37. The van der Waals surface area contributed by atoms with Crippen molar-refractivity contribution < 1.29 is 9.47 Å². The Kier molecular flexibility index (Phi) is 3.16. The van der Waals surface area contributed by atoms with Crippen molar-refractivity contribution in [2.24, 2.45) is 0 Å². The van der Waals surface area contributed by atoms with Crippen LogP contribution in [0.15, 0.2) is 0 Å². The Morgan fingerprint density at radius 3 is 1.70 bits per heavy atom. The summed E-state index contributed by atoms with van der Waals surface area (Å²) in [6.45, 7) is 5.83. The molecule has 0 spiro atoms. The van der Waals surface area contributed by atoms with Gasteiger partial charge in [-0.25, -0.2) is 0 Å². The zero-order valence-corrected chi connectivity index (χ0v) is 6.80. The molecule has 2 unspecified atom stereocenters. The van der Waals surface area contributed by atoms with E-state index in [0.717, 1.165) is 26.1 Å². The third-order valence-electron chi connectivity index (χ3n) is 1.97. The van der Waals surface area contributed by atoms with Crippen molar-refractivity contribution in [1.29, 1.82) is 0 Å². The van der Waals surface area contributed by atoms with Gasteiger partial charge >= 0.3 is 0 Å². The van der Waals surface area contributed by atoms with Gasteiger partial charge in [-0.05, 0) is 12.8 Å². The van der Waals surface area contributed by atoms with Crippen LogP contribution in [0.2, 0.25) is 0 Å². The maximum atomic E-state index is 5.51. The van der Waals surface area contributed by atoms with Gasteiger partial charge in [-0.2, -0.15) is 0 Å². The normalized spacial score (nSPS) is 34.2. The molecule has 0 bridgehead atoms. The van der Waals surface area contributed by atoms with Crippen LogP contribution in [0.1, 0.15) is 26.7 Å². The molecule has 0 saturated carbocycles. The minimum absolute atomic E-state index is 0.346. The molecule has 0 N–H and O–H groups in total. The van der Waals surface area contributed by atoms with E-state index in [9.17, 15) is 0 Å². The van der Waals surface area contributed by atoms with Crippen molar-refractivity contribution in [3.63, 3.8) is 0 Å². The van der Waals surface area contributed by atoms with E-state index in [1.165, 1.54) is 0 Å². The third-order valence-corrected chi connectivity index (χ3v) is 1.97. The average molecular weight is 144 g/mol. The molecule has 0 aromatic heterocycles. The third kappa shape index (κ3) is 1.70. The van der Waals surface area contributed by atoms with E-state index in [-0.39, 0.29) is 0 Å². The first-order valence-corrected chi connectivity index (χ1v) is 4.11. The molecule has 10 heavy (non-hydrogen) atoms. The van der Waals surface area contributed by atoms with Crippen LogP contribution in [0, 0.1) is 0 Å². The van der Waals surface area contributed by atoms with Crippen molar-refractivity contribution >= 4 is 0 Å². The fourth-order valence-corrected chi connectivity index (χ4v) is 1.38. The number of hydrogen-bond acceptors (Lipinski definition) is 2. The molecular formula is C8H16O2. The first-order chi connectivity index (χ1) is 4.88. The molecule has 1 heterocycles. The van der Waals surface area contributed by atoms with Crippen LogP contribution in [0.3, 0.4) is 0 Å². The molecule has 1 aliphatic rings. The number of ether oxygens (including phenoxy) is 2. The fourth-order valence-electron chi connectivity index (χ4n) is 1.38. The summed E-state index contributed by atoms with van der Waals surface area (Å²) in [7, 11) is 0. The molecule has 0 amide bonds. The zero-order valence-electron chi connectivity index (χ0n) is 6.80. The van der Waals surface area contributed by atoms with Crippen molar-refractivity contribution in [2.75, 3.05) is 13.2 Å². The van der Waals surface area contributed by atoms with Crippen molar-refractivity contribution in [3.05, 3.63) is 0 Å². The number of hydrogen-bond donors (Lipinski definition) is 0. The molecular weight excluding hydrogens is 128 g/mol. The summed E-state index contributed by atoms with van der Waals surface area (Å²) < 4.78 is 11.0. The highest BCUT2D eigenvalue weighted by Gasteiger charge is 2.22. The van der Waals surface area contributed by atoms with Crippen LogP contribution in [-0.2, 0) is 9.47 Å². The maximum Gasteiger partial charge on any atom is 0.0835 e. The SMILES string of the molecule is CCC1OCCOC1CC. The molecule has 2 heteroatoms. The summed E-state index contributed by atoms with van der Waals surface area (Å²) >= 11 is 0. The fraction of sp³-hybridized carbons (Fsp3) is 1.00. The smallest absolute Gasteiger partial charge is 0.0835 e. The molecule has 0 aromatic carbocycles. The monoisotopic (exact) mass is 144 g/mol. The summed E-state index contributed by atoms with van der Waals surface area (Å²) in [5.74, 6) is 0. The van der Waals surface area contributed by atoms with Gasteiger partial charge in [0.2, 0.25) is 0 Å². The molecule has 0 radical (unpaired) electrons. The van der Waals surface area contributed by atoms with Gasteiger partial charge < -0.3 is 9.47 Å². The first kappa shape index (κ1) is 8.02. The van der Waals surface area contributed by atoms with Crippen LogP contribution < -0.4 is 0 Å². The van der Waals surface area contributed by atoms with Gasteiger partial charge in [0.1, 0.15) is 0 Å². The van der Waals surface area contributed by atoms with Crippen LogP contribution >= 0.6 is 0 Å². The van der Waals surface area contributed by atoms with E-state index in [0.29, 0.717) is 12.2 Å². The Morgan fingerprint density at radius 1 is 1.00 bits per heavy atom. The second-order valence-corrected chi connectivity index (χ2v) is 2.63. The highest BCUT2D eigenvalue weighted by atomic mass is 16.6. The molecule has 0 aromatic rings. The second-order valence-electron chi connectivity index (χ2n) is 2.63. The van der Waals surface area contributed by atoms with Crippen molar-refractivity contribution in [2.45, 2.75) is 38.9 Å². The molecule has 2 atom stereocenters. The molecule has 60 valence electrons. The van der Waals surface area contributed by atoms with Crippen LogP contribution in [0.25, 0.3) is 0 Å². The Labute approximate surface area is 62.5 Å². The van der Waals surface area contributed by atoms with E-state index in [1.807, 2.05) is 0 Å². The van der Waals surface area contributed by atoms with E-state index in [4.69, 9.17) is 9.47 Å². The summed E-state index contributed by atoms with van der Waals surface area (Å²) in [6.07, 6.45) is 2.83. The van der Waals surface area contributed by atoms with Gasteiger partial charge in [0.25, 0.3) is 0 Å². The van der Waals surface area contributed by atoms with Gasteiger partial charge in [0, 0.05) is 0 Å². The second kappa shape index (κ2) is 3.94. The molecule has 2 nitrogen and oxygen atoms in total. The van der Waals surface area contributed by atoms with Crippen molar-refractivity contribution in [3.8, 4) is 0 Å². The topological polar surface area (TPSA) is 18.5 Å². The predicted molar refractivity (Wildman–Crippen MR) is 40.1 cm³/mol. The Balaban J connectivity index is 2.34. The van der Waals surface area contributed by atoms with Gasteiger partial charge in [0.05, 0.1) is 25.4 Å². The van der Waals surface area contributed by atoms with Gasteiger partial charge in [-0.3, -0.25) is 0 Å². The molecule has 1 saturated heterocycles. The summed E-state index contributed by atoms with van der Waals surface area (Å²) in [5, 5.41) is 0. The zero-order chi connectivity index (χ0) is 7.40. The average Bonchev–Trinajstić information content (AvgIpc) is 2.04. The van der Waals surface area contributed by atoms with E-state index in [1.54, 1.807) is 0 Å². The Bertz CT molecular complexity index is 81.3. The van der Waals surface area contributed by atoms with E-state index >= 15 is 0 Å². The number of rotatable bonds is 2. The van der Waals surface area contributed by atoms with Crippen LogP contribution in [-0.4, -0.2) is 25.4 Å². The van der Waals surface area contributed by atoms with Gasteiger partial charge in [-0.1, -0.05) is 13.8 Å². The van der Waals surface area contributed by atoms with Crippen molar-refractivity contribution in [1.82, 2.24) is 0 Å². The predicted octanol–water partition coefficient (Wildman–Crippen LogP) is 1.59. The summed E-state index contributed by atoms with van der Waals surface area (Å²) in [5.41, 5.74) is 0. The van der Waals surface area contributed by atoms with Crippen LogP contribution in [0.4, 0.5) is 0 Å². The standard InChI is InChI=1S/C8H16O2/c1-3-7-8(4-2)10-6-5-9-7/h7-8H,3-6H2,1-2H3. The lowest BCUT2D eigenvalue weighted by Gasteiger charge is -2.30. The van der Waals surface area contributed by atoms with E-state index in [2.05, 4.69) is 13.8 Å². The Morgan fingerprint density at radius 2 is 1.40 bits per heavy atom. The molecule has 1 rings (SSSR count). The highest BCUT2D eigenvalue weighted by molar-refractivity contribution is 4.70. The summed E-state index contributed by atoms with van der Waals surface area (Å²) in [6, 6.07) is 0. The Hall–Kier alpha value is -0.0800. The molecule has 1 fully saturated rings. The summed E-state index contributed by atoms with van der Waals surface area (Å²) in [4.78, 5) is 0. The quantitative estimate of drug-likeness (QED) is 0.586. The van der Waals surface area contributed by atoms with E-state index < -0.39 is 0 Å². The first-order valence-electron chi connectivity index (χ1n) is 4.11. The molecule has 1 aliphatic heterocycles. The lowest BCUT2D eigenvalue weighted by molar-refractivity contribution is -0.141. The van der Waals surface area contributed by atoms with Gasteiger partial charge in [0.15, 0.2) is 0 Å². The minimum atomic E-state index is 0.346. The lowest BCUT2D eigenvalue weighted by atomic mass is 10.1. The maximum absolute atomic E-state index is 5.51. The van der Waals surface area contributed by atoms with Crippen LogP contribution in [0.5, 0.6) is 0 Å². The largest absolute Gasteiger partial charge is 0.373 e. The van der Waals surface area contributed by atoms with Gasteiger partial charge in [-0.15, -0.1) is 0 Å².